The molecule has 0 aliphatic heterocycles. The number of H-pyrrole nitrogens is 1. The van der Waals surface area contributed by atoms with Crippen molar-refractivity contribution in [2.45, 2.75) is 0 Å². The highest BCUT2D eigenvalue weighted by Crippen LogP contribution is 2.23. The molecule has 0 saturated carbocycles. The van der Waals surface area contributed by atoms with E-state index in [0.29, 0.717) is 5.95 Å². The monoisotopic (exact) mass is 380 g/mol. The molecule has 5 rings (SSSR count). The third kappa shape index (κ3) is 3.59. The Bertz CT molecular complexity index is 1190. The second-order valence-corrected chi connectivity index (χ2v) is 6.33. The summed E-state index contributed by atoms with van der Waals surface area (Å²) in [6.07, 6.45) is 6.93. The van der Waals surface area contributed by atoms with Crippen LogP contribution in [0.15, 0.2) is 85.5 Å². The zero-order valence-corrected chi connectivity index (χ0v) is 15.3. The lowest BCUT2D eigenvalue weighted by atomic mass is 10.1. The SMILES string of the molecule is c1cn(-c2ccc(Nc3nccc(-c4ccc(-c5ccn[nH]5)cc4)n3)cc2)nn1. The summed E-state index contributed by atoms with van der Waals surface area (Å²) in [4.78, 5) is 8.96. The van der Waals surface area contributed by atoms with Crippen molar-refractivity contribution in [2.75, 3.05) is 5.32 Å². The summed E-state index contributed by atoms with van der Waals surface area (Å²) < 4.78 is 1.70. The summed E-state index contributed by atoms with van der Waals surface area (Å²) in [5.41, 5.74) is 5.74. The van der Waals surface area contributed by atoms with Gasteiger partial charge in [-0.25, -0.2) is 14.6 Å². The highest BCUT2D eigenvalue weighted by Gasteiger charge is 2.05. The van der Waals surface area contributed by atoms with Crippen LogP contribution in [0.4, 0.5) is 11.6 Å². The summed E-state index contributed by atoms with van der Waals surface area (Å²) in [5, 5.41) is 18.0. The Morgan fingerprint density at radius 1 is 0.793 bits per heavy atom. The predicted octanol–water partition coefficient (Wildman–Crippen LogP) is 3.86. The fourth-order valence-corrected chi connectivity index (χ4v) is 2.99. The number of aromatic nitrogens is 7. The lowest BCUT2D eigenvalue weighted by molar-refractivity contribution is 0.803. The van der Waals surface area contributed by atoms with E-state index in [1.807, 2.05) is 60.7 Å². The van der Waals surface area contributed by atoms with Crippen LogP contribution in [0.1, 0.15) is 0 Å². The van der Waals surface area contributed by atoms with Gasteiger partial charge in [-0.3, -0.25) is 5.10 Å². The quantitative estimate of drug-likeness (QED) is 0.481. The van der Waals surface area contributed by atoms with E-state index in [9.17, 15) is 0 Å². The normalized spacial score (nSPS) is 10.8. The van der Waals surface area contributed by atoms with Crippen molar-refractivity contribution in [1.82, 2.24) is 35.2 Å². The zero-order chi connectivity index (χ0) is 19.5. The molecule has 5 aromatic rings. The highest BCUT2D eigenvalue weighted by molar-refractivity contribution is 5.67. The van der Waals surface area contributed by atoms with Crippen molar-refractivity contribution in [3.8, 4) is 28.2 Å². The fraction of sp³-hybridized carbons (Fsp3) is 0. The molecule has 8 nitrogen and oxygen atoms in total. The zero-order valence-electron chi connectivity index (χ0n) is 15.3. The summed E-state index contributed by atoms with van der Waals surface area (Å²) >= 11 is 0. The van der Waals surface area contributed by atoms with Crippen molar-refractivity contribution in [2.24, 2.45) is 0 Å². The van der Waals surface area contributed by atoms with E-state index < -0.39 is 0 Å². The molecule has 0 radical (unpaired) electrons. The van der Waals surface area contributed by atoms with Crippen LogP contribution in [-0.4, -0.2) is 35.2 Å². The summed E-state index contributed by atoms with van der Waals surface area (Å²) in [5.74, 6) is 0.536. The molecule has 29 heavy (non-hydrogen) atoms. The molecule has 2 N–H and O–H groups in total. The average molecular weight is 380 g/mol. The van der Waals surface area contributed by atoms with E-state index in [-0.39, 0.29) is 0 Å². The maximum Gasteiger partial charge on any atom is 0.227 e. The van der Waals surface area contributed by atoms with Crippen LogP contribution in [0.2, 0.25) is 0 Å². The van der Waals surface area contributed by atoms with Gasteiger partial charge in [0.2, 0.25) is 5.95 Å². The number of hydrogen-bond acceptors (Lipinski definition) is 6. The third-order valence-electron chi connectivity index (χ3n) is 4.46. The van der Waals surface area contributed by atoms with E-state index in [1.54, 1.807) is 29.5 Å². The molecule has 0 fully saturated rings. The van der Waals surface area contributed by atoms with Crippen molar-refractivity contribution < 1.29 is 0 Å². The van der Waals surface area contributed by atoms with E-state index in [2.05, 4.69) is 35.8 Å². The fourth-order valence-electron chi connectivity index (χ4n) is 2.99. The van der Waals surface area contributed by atoms with Crippen LogP contribution in [-0.2, 0) is 0 Å². The second kappa shape index (κ2) is 7.35. The van der Waals surface area contributed by atoms with E-state index in [4.69, 9.17) is 0 Å². The second-order valence-electron chi connectivity index (χ2n) is 6.33. The number of rotatable bonds is 5. The third-order valence-corrected chi connectivity index (χ3v) is 4.46. The Kier molecular flexibility index (Phi) is 4.26. The first-order valence-electron chi connectivity index (χ1n) is 9.02. The topological polar surface area (TPSA) is 97.2 Å². The molecule has 0 amide bonds. The van der Waals surface area contributed by atoms with Gasteiger partial charge in [-0.2, -0.15) is 5.10 Å². The van der Waals surface area contributed by atoms with Gasteiger partial charge < -0.3 is 5.32 Å². The van der Waals surface area contributed by atoms with Gasteiger partial charge in [0.05, 0.1) is 29.5 Å². The number of nitrogens with zero attached hydrogens (tertiary/aromatic N) is 6. The number of benzene rings is 2. The van der Waals surface area contributed by atoms with Crippen LogP contribution in [0.25, 0.3) is 28.2 Å². The molecule has 0 spiro atoms. The molecule has 0 saturated heterocycles. The highest BCUT2D eigenvalue weighted by atomic mass is 15.4. The minimum Gasteiger partial charge on any atom is -0.324 e. The maximum atomic E-state index is 4.63. The Labute approximate surface area is 166 Å². The van der Waals surface area contributed by atoms with E-state index in [0.717, 1.165) is 33.9 Å². The van der Waals surface area contributed by atoms with Crippen LogP contribution < -0.4 is 5.32 Å². The number of aromatic amines is 1. The maximum absolute atomic E-state index is 4.63. The molecule has 8 heteroatoms. The van der Waals surface area contributed by atoms with Gasteiger partial charge in [0, 0.05) is 23.6 Å². The Morgan fingerprint density at radius 3 is 2.34 bits per heavy atom. The summed E-state index contributed by atoms with van der Waals surface area (Å²) in [6.45, 7) is 0. The van der Waals surface area contributed by atoms with Crippen molar-refractivity contribution in [1.29, 1.82) is 0 Å². The van der Waals surface area contributed by atoms with E-state index >= 15 is 0 Å². The van der Waals surface area contributed by atoms with Crippen LogP contribution in [0, 0.1) is 0 Å². The Morgan fingerprint density at radius 2 is 1.62 bits per heavy atom. The van der Waals surface area contributed by atoms with Crippen molar-refractivity contribution >= 4 is 11.6 Å². The van der Waals surface area contributed by atoms with Gasteiger partial charge in [0.15, 0.2) is 0 Å². The minimum atomic E-state index is 0.536. The molecule has 0 aliphatic rings. The van der Waals surface area contributed by atoms with Gasteiger partial charge in [-0.05, 0) is 42.0 Å². The van der Waals surface area contributed by atoms with Gasteiger partial charge >= 0.3 is 0 Å². The first-order chi connectivity index (χ1) is 14.3. The van der Waals surface area contributed by atoms with Crippen molar-refractivity contribution in [3.63, 3.8) is 0 Å². The molecule has 140 valence electrons. The Hall–Kier alpha value is -4.33. The van der Waals surface area contributed by atoms with Crippen LogP contribution in [0.3, 0.4) is 0 Å². The predicted molar refractivity (Wildman–Crippen MR) is 110 cm³/mol. The molecular formula is C21H16N8. The lowest BCUT2D eigenvalue weighted by Gasteiger charge is -2.08. The average Bonchev–Trinajstić information content (AvgIpc) is 3.49. The molecule has 2 aromatic carbocycles. The van der Waals surface area contributed by atoms with E-state index in [1.165, 1.54) is 0 Å². The lowest BCUT2D eigenvalue weighted by Crippen LogP contribution is -1.99. The van der Waals surface area contributed by atoms with Gasteiger partial charge in [0.25, 0.3) is 0 Å². The molecular weight excluding hydrogens is 364 g/mol. The Balaban J connectivity index is 1.34. The number of anilines is 2. The number of nitrogens with one attached hydrogen (secondary N) is 2. The minimum absolute atomic E-state index is 0.536. The van der Waals surface area contributed by atoms with Gasteiger partial charge in [0.1, 0.15) is 0 Å². The smallest absolute Gasteiger partial charge is 0.227 e. The first kappa shape index (κ1) is 16.8. The summed E-state index contributed by atoms with van der Waals surface area (Å²) in [7, 11) is 0. The summed E-state index contributed by atoms with van der Waals surface area (Å²) in [6, 6.07) is 19.8. The standard InChI is InChI=1S/C21H16N8/c1-3-16(20-10-12-23-27-20)4-2-15(1)19-9-11-22-21(26-19)25-17-5-7-18(8-6-17)29-14-13-24-28-29/h1-14H,(H,23,27)(H,22,25,26). The van der Waals surface area contributed by atoms with Crippen LogP contribution >= 0.6 is 0 Å². The largest absolute Gasteiger partial charge is 0.324 e. The number of hydrogen-bond donors (Lipinski definition) is 2. The van der Waals surface area contributed by atoms with Gasteiger partial charge in [-0.15, -0.1) is 5.10 Å². The van der Waals surface area contributed by atoms with Crippen LogP contribution in [0.5, 0.6) is 0 Å². The molecule has 3 heterocycles. The molecule has 0 unspecified atom stereocenters. The first-order valence-corrected chi connectivity index (χ1v) is 9.02. The molecule has 0 atom stereocenters. The molecule has 0 aliphatic carbocycles. The van der Waals surface area contributed by atoms with Gasteiger partial charge in [-0.1, -0.05) is 29.5 Å². The van der Waals surface area contributed by atoms with Crippen molar-refractivity contribution in [3.05, 3.63) is 85.5 Å². The molecule has 3 aromatic heterocycles. The molecule has 0 bridgehead atoms.